The molecular formula is C50H34O. The first-order valence-corrected chi connectivity index (χ1v) is 17.7. The summed E-state index contributed by atoms with van der Waals surface area (Å²) in [6, 6.07) is 61.7. The highest BCUT2D eigenvalue weighted by atomic mass is 16.3. The van der Waals surface area contributed by atoms with E-state index in [1.165, 1.54) is 87.8 Å². The van der Waals surface area contributed by atoms with Gasteiger partial charge in [0.25, 0.3) is 0 Å². The average molecular weight is 651 g/mol. The van der Waals surface area contributed by atoms with Crippen molar-refractivity contribution in [3.05, 3.63) is 181 Å². The van der Waals surface area contributed by atoms with Crippen molar-refractivity contribution < 1.29 is 4.42 Å². The van der Waals surface area contributed by atoms with E-state index in [1.54, 1.807) is 0 Å². The van der Waals surface area contributed by atoms with Gasteiger partial charge in [-0.2, -0.15) is 0 Å². The Kier molecular flexibility index (Phi) is 6.69. The van der Waals surface area contributed by atoms with E-state index < -0.39 is 0 Å². The normalized spacial score (nSPS) is 11.7. The largest absolute Gasteiger partial charge is 0.455 e. The number of aryl methyl sites for hydroxylation is 2. The monoisotopic (exact) mass is 650 g/mol. The molecule has 0 N–H and O–H groups in total. The molecule has 1 heteroatoms. The van der Waals surface area contributed by atoms with Crippen LogP contribution in [0, 0.1) is 13.8 Å². The van der Waals surface area contributed by atoms with Gasteiger partial charge in [0.05, 0.1) is 0 Å². The highest BCUT2D eigenvalue weighted by Crippen LogP contribution is 2.49. The molecule has 0 amide bonds. The van der Waals surface area contributed by atoms with E-state index in [-0.39, 0.29) is 0 Å². The number of furan rings is 1. The summed E-state index contributed by atoms with van der Waals surface area (Å²) in [6.07, 6.45) is 0. The second-order valence-corrected chi connectivity index (χ2v) is 13.7. The molecule has 10 aromatic rings. The highest BCUT2D eigenvalue weighted by molar-refractivity contribution is 6.25. The van der Waals surface area contributed by atoms with Crippen LogP contribution in [0.5, 0.6) is 0 Å². The first kappa shape index (κ1) is 29.5. The van der Waals surface area contributed by atoms with Crippen molar-refractivity contribution in [3.8, 4) is 44.5 Å². The molecule has 240 valence electrons. The number of hydrogen-bond acceptors (Lipinski definition) is 1. The molecule has 0 aliphatic heterocycles. The Balaban J connectivity index is 1.31. The number of para-hydroxylation sites is 1. The van der Waals surface area contributed by atoms with Crippen LogP contribution in [0.15, 0.2) is 174 Å². The fourth-order valence-electron chi connectivity index (χ4n) is 8.45. The number of fused-ring (bicyclic) bond motifs is 6. The van der Waals surface area contributed by atoms with E-state index in [0.717, 1.165) is 22.1 Å². The van der Waals surface area contributed by atoms with E-state index in [2.05, 4.69) is 184 Å². The lowest BCUT2D eigenvalue weighted by atomic mass is 9.83. The molecule has 1 nitrogen and oxygen atoms in total. The molecule has 0 atom stereocenters. The van der Waals surface area contributed by atoms with Crippen LogP contribution >= 0.6 is 0 Å². The molecule has 0 bridgehead atoms. The molecule has 9 aromatic carbocycles. The highest BCUT2D eigenvalue weighted by Gasteiger charge is 2.23. The maximum atomic E-state index is 6.85. The Labute approximate surface area is 297 Å². The molecule has 0 aliphatic carbocycles. The SMILES string of the molecule is Cc1ccccc1-c1cc(-c2c3ccccc3c(-c3cccc(-c4cccc5ccccc45)c3)c3ccccc23)c2oc3ccccc3c2c1C. The molecule has 1 heterocycles. The molecule has 0 saturated carbocycles. The van der Waals surface area contributed by atoms with E-state index in [4.69, 9.17) is 4.42 Å². The molecule has 0 fully saturated rings. The zero-order valence-corrected chi connectivity index (χ0v) is 28.6. The number of hydrogen-bond donors (Lipinski definition) is 0. The van der Waals surface area contributed by atoms with Crippen molar-refractivity contribution in [1.29, 1.82) is 0 Å². The maximum Gasteiger partial charge on any atom is 0.143 e. The zero-order valence-electron chi connectivity index (χ0n) is 28.6. The van der Waals surface area contributed by atoms with Gasteiger partial charge in [-0.25, -0.2) is 0 Å². The molecule has 0 aliphatic rings. The summed E-state index contributed by atoms with van der Waals surface area (Å²) in [7, 11) is 0. The van der Waals surface area contributed by atoms with Crippen molar-refractivity contribution in [2.75, 3.05) is 0 Å². The van der Waals surface area contributed by atoms with Crippen molar-refractivity contribution in [3.63, 3.8) is 0 Å². The first-order chi connectivity index (χ1) is 25.2. The van der Waals surface area contributed by atoms with Gasteiger partial charge in [0.2, 0.25) is 0 Å². The van der Waals surface area contributed by atoms with Gasteiger partial charge in [0.1, 0.15) is 11.2 Å². The smallest absolute Gasteiger partial charge is 0.143 e. The van der Waals surface area contributed by atoms with Crippen molar-refractivity contribution >= 4 is 54.3 Å². The predicted molar refractivity (Wildman–Crippen MR) is 217 cm³/mol. The Bertz CT molecular complexity index is 2930. The predicted octanol–water partition coefficient (Wildman–Crippen LogP) is 14.3. The van der Waals surface area contributed by atoms with E-state index in [0.29, 0.717) is 0 Å². The van der Waals surface area contributed by atoms with Crippen molar-refractivity contribution in [2.45, 2.75) is 13.8 Å². The fraction of sp³-hybridized carbons (Fsp3) is 0.0400. The summed E-state index contributed by atoms with van der Waals surface area (Å²) in [5, 5.41) is 9.72. The Hall–Kier alpha value is -6.44. The summed E-state index contributed by atoms with van der Waals surface area (Å²) in [5.41, 5.74) is 14.1. The quantitative estimate of drug-likeness (QED) is 0.173. The molecule has 0 saturated heterocycles. The molecule has 0 spiro atoms. The van der Waals surface area contributed by atoms with Crippen molar-refractivity contribution in [1.82, 2.24) is 0 Å². The fourth-order valence-corrected chi connectivity index (χ4v) is 8.45. The van der Waals surface area contributed by atoms with Gasteiger partial charge in [0, 0.05) is 21.9 Å². The minimum atomic E-state index is 0.911. The summed E-state index contributed by atoms with van der Waals surface area (Å²) in [4.78, 5) is 0. The Morgan fingerprint density at radius 1 is 0.373 bits per heavy atom. The van der Waals surface area contributed by atoms with Gasteiger partial charge in [-0.05, 0) is 109 Å². The van der Waals surface area contributed by atoms with Gasteiger partial charge in [-0.1, -0.05) is 152 Å². The molecular weight excluding hydrogens is 617 g/mol. The zero-order chi connectivity index (χ0) is 34.1. The molecule has 10 rings (SSSR count). The van der Waals surface area contributed by atoms with Gasteiger partial charge < -0.3 is 4.42 Å². The van der Waals surface area contributed by atoms with Gasteiger partial charge in [-0.3, -0.25) is 0 Å². The van der Waals surface area contributed by atoms with E-state index >= 15 is 0 Å². The minimum absolute atomic E-state index is 0.911. The van der Waals surface area contributed by atoms with Crippen LogP contribution in [-0.2, 0) is 0 Å². The second kappa shape index (κ2) is 11.6. The lowest BCUT2D eigenvalue weighted by molar-refractivity contribution is 0.670. The van der Waals surface area contributed by atoms with E-state index in [1.807, 2.05) is 0 Å². The minimum Gasteiger partial charge on any atom is -0.455 e. The molecule has 1 aromatic heterocycles. The van der Waals surface area contributed by atoms with Crippen LogP contribution in [0.1, 0.15) is 11.1 Å². The topological polar surface area (TPSA) is 13.1 Å². The second-order valence-electron chi connectivity index (χ2n) is 13.7. The Morgan fingerprint density at radius 2 is 0.922 bits per heavy atom. The summed E-state index contributed by atoms with van der Waals surface area (Å²) in [5.74, 6) is 0. The summed E-state index contributed by atoms with van der Waals surface area (Å²) < 4.78 is 6.85. The van der Waals surface area contributed by atoms with Crippen LogP contribution in [0.3, 0.4) is 0 Å². The van der Waals surface area contributed by atoms with Crippen molar-refractivity contribution in [2.24, 2.45) is 0 Å². The van der Waals surface area contributed by atoms with Crippen LogP contribution < -0.4 is 0 Å². The van der Waals surface area contributed by atoms with Crippen LogP contribution in [0.25, 0.3) is 98.8 Å². The molecule has 0 radical (unpaired) electrons. The van der Waals surface area contributed by atoms with Crippen LogP contribution in [0.2, 0.25) is 0 Å². The summed E-state index contributed by atoms with van der Waals surface area (Å²) >= 11 is 0. The van der Waals surface area contributed by atoms with Crippen LogP contribution in [-0.4, -0.2) is 0 Å². The first-order valence-electron chi connectivity index (χ1n) is 17.7. The third-order valence-electron chi connectivity index (χ3n) is 10.8. The number of rotatable bonds is 4. The maximum absolute atomic E-state index is 6.85. The standard InChI is InChI=1S/C50H34O/c1-31-15-3-5-20-36(31)44-30-45(50-47(32(44)2)43-26-11-12-28-46(43)51-50)49-41-24-9-7-22-39(41)48(40-23-8-10-25-42(40)49)35-19-13-18-34(29-35)38-27-14-17-33-16-4-6-21-37(33)38/h3-30H,1-2H3. The Morgan fingerprint density at radius 3 is 1.67 bits per heavy atom. The van der Waals surface area contributed by atoms with Gasteiger partial charge in [0.15, 0.2) is 0 Å². The van der Waals surface area contributed by atoms with Gasteiger partial charge >= 0.3 is 0 Å². The molecule has 51 heavy (non-hydrogen) atoms. The third kappa shape index (κ3) is 4.55. The molecule has 0 unspecified atom stereocenters. The number of benzene rings is 9. The summed E-state index contributed by atoms with van der Waals surface area (Å²) in [6.45, 7) is 4.45. The van der Waals surface area contributed by atoms with Gasteiger partial charge in [-0.15, -0.1) is 0 Å². The third-order valence-corrected chi connectivity index (χ3v) is 10.8. The van der Waals surface area contributed by atoms with Crippen LogP contribution in [0.4, 0.5) is 0 Å². The van der Waals surface area contributed by atoms with E-state index in [9.17, 15) is 0 Å². The lowest BCUT2D eigenvalue weighted by Crippen LogP contribution is -1.94. The average Bonchev–Trinajstić information content (AvgIpc) is 3.58. The lowest BCUT2D eigenvalue weighted by Gasteiger charge is -2.20.